The molecule has 32 heavy (non-hydrogen) atoms. The van der Waals surface area contributed by atoms with E-state index in [0.29, 0.717) is 12.1 Å². The highest BCUT2D eigenvalue weighted by molar-refractivity contribution is 7.92. The molecule has 0 atom stereocenters. The Morgan fingerprint density at radius 3 is 2.53 bits per heavy atom. The minimum Gasteiger partial charge on any atom is -0.478 e. The second-order valence-corrected chi connectivity index (χ2v) is 9.35. The van der Waals surface area contributed by atoms with Crippen molar-refractivity contribution >= 4 is 44.9 Å². The smallest absolute Gasteiger partial charge is 0.337 e. The summed E-state index contributed by atoms with van der Waals surface area (Å²) in [5, 5.41) is 11.6. The molecule has 2 N–H and O–H groups in total. The molecule has 4 rings (SSSR count). The molecule has 0 aliphatic carbocycles. The Kier molecular flexibility index (Phi) is 5.62. The molecule has 0 saturated carbocycles. The van der Waals surface area contributed by atoms with Crippen LogP contribution in [0.2, 0.25) is 5.02 Å². The summed E-state index contributed by atoms with van der Waals surface area (Å²) < 4.78 is 40.8. The van der Waals surface area contributed by atoms with Gasteiger partial charge in [-0.2, -0.15) is 0 Å². The summed E-state index contributed by atoms with van der Waals surface area (Å²) >= 11 is 5.94. The number of aromatic carboxylic acids is 1. The maximum absolute atomic E-state index is 13.6. The second kappa shape index (κ2) is 8.25. The monoisotopic (exact) mass is 474 g/mol. The van der Waals surface area contributed by atoms with Gasteiger partial charge in [0, 0.05) is 17.8 Å². The van der Waals surface area contributed by atoms with Gasteiger partial charge in [0.15, 0.2) is 0 Å². The lowest BCUT2D eigenvalue weighted by molar-refractivity contribution is 0.0697. The lowest BCUT2D eigenvalue weighted by Gasteiger charge is -2.20. The molecule has 3 aromatic carbocycles. The van der Waals surface area contributed by atoms with Crippen molar-refractivity contribution in [3.63, 3.8) is 0 Å². The number of hydrogen-bond donors (Lipinski definition) is 2. The molecule has 0 aromatic heterocycles. The molecule has 0 spiro atoms. The van der Waals surface area contributed by atoms with Crippen LogP contribution in [0.1, 0.15) is 26.3 Å². The number of amides is 1. The number of hydrogen-bond acceptors (Lipinski definition) is 4. The van der Waals surface area contributed by atoms with Crippen LogP contribution in [0.3, 0.4) is 0 Å². The van der Waals surface area contributed by atoms with Crippen LogP contribution in [0.25, 0.3) is 0 Å². The largest absolute Gasteiger partial charge is 0.478 e. The predicted octanol–water partition coefficient (Wildman–Crippen LogP) is 4.18. The molecule has 164 valence electrons. The van der Waals surface area contributed by atoms with Crippen molar-refractivity contribution in [3.8, 4) is 0 Å². The highest BCUT2D eigenvalue weighted by Gasteiger charge is 2.31. The number of rotatable bonds is 5. The zero-order valence-electron chi connectivity index (χ0n) is 16.4. The van der Waals surface area contributed by atoms with E-state index in [1.165, 1.54) is 36.4 Å². The number of halogens is 2. The van der Waals surface area contributed by atoms with E-state index >= 15 is 0 Å². The molecular formula is C22H16ClFN2O5S. The van der Waals surface area contributed by atoms with Crippen molar-refractivity contribution in [3.05, 3.63) is 88.2 Å². The van der Waals surface area contributed by atoms with Gasteiger partial charge in [-0.1, -0.05) is 23.7 Å². The SMILES string of the molecule is O=C(Nc1ccc(C(=O)O)c(Cl)c1)c1ccc2c(c1)N(S(=O)(=O)c1cccc(F)c1)CC2. The summed E-state index contributed by atoms with van der Waals surface area (Å²) in [7, 11) is -4.01. The van der Waals surface area contributed by atoms with E-state index in [1.54, 1.807) is 12.1 Å². The third-order valence-corrected chi connectivity index (χ3v) is 7.16. The molecule has 0 saturated heterocycles. The number of nitrogens with zero attached hydrogens (tertiary/aromatic N) is 1. The third kappa shape index (κ3) is 4.04. The first-order valence-corrected chi connectivity index (χ1v) is 11.2. The highest BCUT2D eigenvalue weighted by Crippen LogP contribution is 2.34. The highest BCUT2D eigenvalue weighted by atomic mass is 35.5. The van der Waals surface area contributed by atoms with Crippen LogP contribution >= 0.6 is 11.6 Å². The van der Waals surface area contributed by atoms with Crippen LogP contribution in [0.15, 0.2) is 65.6 Å². The average Bonchev–Trinajstić information content (AvgIpc) is 3.17. The van der Waals surface area contributed by atoms with E-state index in [1.807, 2.05) is 0 Å². The fraction of sp³-hybridized carbons (Fsp3) is 0.0909. The first-order chi connectivity index (χ1) is 15.2. The van der Waals surface area contributed by atoms with Crippen LogP contribution in [-0.4, -0.2) is 31.9 Å². The van der Waals surface area contributed by atoms with Crippen molar-refractivity contribution in [1.29, 1.82) is 0 Å². The normalized spacial score (nSPS) is 13.0. The number of carboxylic acid groups (broad SMARTS) is 1. The van der Waals surface area contributed by atoms with Crippen LogP contribution in [0.4, 0.5) is 15.8 Å². The van der Waals surface area contributed by atoms with Crippen LogP contribution in [-0.2, 0) is 16.4 Å². The number of nitrogens with one attached hydrogen (secondary N) is 1. The molecule has 0 fully saturated rings. The number of sulfonamides is 1. The molecular weight excluding hydrogens is 459 g/mol. The average molecular weight is 475 g/mol. The Balaban J connectivity index is 1.62. The number of carbonyl (C=O) groups is 2. The minimum atomic E-state index is -4.01. The molecule has 3 aromatic rings. The number of fused-ring (bicyclic) bond motifs is 1. The first-order valence-electron chi connectivity index (χ1n) is 9.42. The lowest BCUT2D eigenvalue weighted by atomic mass is 10.1. The summed E-state index contributed by atoms with van der Waals surface area (Å²) in [6, 6.07) is 13.5. The molecule has 1 heterocycles. The van der Waals surface area contributed by atoms with Gasteiger partial charge >= 0.3 is 5.97 Å². The van der Waals surface area contributed by atoms with Gasteiger partial charge < -0.3 is 10.4 Å². The Bertz CT molecular complexity index is 1360. The summed E-state index contributed by atoms with van der Waals surface area (Å²) in [4.78, 5) is 23.6. The summed E-state index contributed by atoms with van der Waals surface area (Å²) in [5.41, 5.74) is 1.48. The van der Waals surface area contributed by atoms with Gasteiger partial charge in [-0.05, 0) is 60.5 Å². The van der Waals surface area contributed by atoms with E-state index in [0.717, 1.165) is 22.0 Å². The van der Waals surface area contributed by atoms with Gasteiger partial charge in [-0.3, -0.25) is 9.10 Å². The summed E-state index contributed by atoms with van der Waals surface area (Å²) in [6.45, 7) is 0.172. The van der Waals surface area contributed by atoms with E-state index in [2.05, 4.69) is 5.32 Å². The van der Waals surface area contributed by atoms with Gasteiger partial charge in [-0.15, -0.1) is 0 Å². The zero-order chi connectivity index (χ0) is 23.0. The van der Waals surface area contributed by atoms with Crippen molar-refractivity contribution in [2.24, 2.45) is 0 Å². The third-order valence-electron chi connectivity index (χ3n) is 5.04. The topological polar surface area (TPSA) is 104 Å². The lowest BCUT2D eigenvalue weighted by Crippen LogP contribution is -2.29. The van der Waals surface area contributed by atoms with Gasteiger partial charge in [-0.25, -0.2) is 17.6 Å². The Morgan fingerprint density at radius 1 is 1.06 bits per heavy atom. The standard InChI is InChI=1S/C22H16ClFN2O5S/c23-19-12-16(6-7-18(19)22(28)29)25-21(27)14-5-4-13-8-9-26(20(13)10-14)32(30,31)17-3-1-2-15(24)11-17/h1-7,10-12H,8-9H2,(H,25,27)(H,28,29). The molecule has 0 unspecified atom stereocenters. The minimum absolute atomic E-state index is 0.0309. The van der Waals surface area contributed by atoms with Gasteiger partial charge in [0.2, 0.25) is 0 Å². The molecule has 1 aliphatic heterocycles. The molecule has 0 radical (unpaired) electrons. The Morgan fingerprint density at radius 2 is 1.84 bits per heavy atom. The summed E-state index contributed by atoms with van der Waals surface area (Å²) in [5.74, 6) is -2.38. The van der Waals surface area contributed by atoms with E-state index in [9.17, 15) is 22.4 Å². The van der Waals surface area contributed by atoms with Crippen LogP contribution in [0, 0.1) is 5.82 Å². The van der Waals surface area contributed by atoms with Gasteiger partial charge in [0.1, 0.15) is 5.82 Å². The van der Waals surface area contributed by atoms with E-state index < -0.39 is 27.7 Å². The fourth-order valence-corrected chi connectivity index (χ4v) is 5.25. The maximum Gasteiger partial charge on any atom is 0.337 e. The molecule has 1 aliphatic rings. The van der Waals surface area contributed by atoms with Crippen LogP contribution < -0.4 is 9.62 Å². The number of carboxylic acids is 1. The molecule has 0 bridgehead atoms. The Hall–Kier alpha value is -3.43. The molecule has 7 nitrogen and oxygen atoms in total. The molecule has 10 heteroatoms. The molecule has 1 amide bonds. The predicted molar refractivity (Wildman–Crippen MR) is 117 cm³/mol. The van der Waals surface area contributed by atoms with E-state index in [4.69, 9.17) is 16.7 Å². The van der Waals surface area contributed by atoms with Gasteiger partial charge in [0.25, 0.3) is 15.9 Å². The maximum atomic E-state index is 13.6. The summed E-state index contributed by atoms with van der Waals surface area (Å²) in [6.07, 6.45) is 0.456. The Labute approximate surface area is 188 Å². The van der Waals surface area contributed by atoms with E-state index in [-0.39, 0.29) is 33.3 Å². The zero-order valence-corrected chi connectivity index (χ0v) is 18.0. The number of carbonyl (C=O) groups excluding carboxylic acids is 1. The van der Waals surface area contributed by atoms with Crippen molar-refractivity contribution in [2.45, 2.75) is 11.3 Å². The number of benzene rings is 3. The first kappa shape index (κ1) is 21.8. The second-order valence-electron chi connectivity index (χ2n) is 7.08. The van der Waals surface area contributed by atoms with Crippen molar-refractivity contribution in [1.82, 2.24) is 0 Å². The fourth-order valence-electron chi connectivity index (χ4n) is 3.47. The van der Waals surface area contributed by atoms with Gasteiger partial charge in [0.05, 0.1) is 21.2 Å². The van der Waals surface area contributed by atoms with Crippen LogP contribution in [0.5, 0.6) is 0 Å². The van der Waals surface area contributed by atoms with Crippen molar-refractivity contribution in [2.75, 3.05) is 16.2 Å². The van der Waals surface area contributed by atoms with Crippen molar-refractivity contribution < 1.29 is 27.5 Å². The number of anilines is 2. The quantitative estimate of drug-likeness (QED) is 0.577.